The van der Waals surface area contributed by atoms with Crippen LogP contribution in [0.2, 0.25) is 0 Å². The molecule has 10 nitrogen and oxygen atoms in total. The molecule has 3 atom stereocenters. The van der Waals surface area contributed by atoms with Crippen LogP contribution in [0.1, 0.15) is 63.9 Å². The number of ketones is 2. The Kier molecular flexibility index (Phi) is 10.6. The zero-order chi connectivity index (χ0) is 32.1. The van der Waals surface area contributed by atoms with Crippen LogP contribution in [0, 0.1) is 23.2 Å². The van der Waals surface area contributed by atoms with Crippen LogP contribution in [-0.4, -0.2) is 66.8 Å². The summed E-state index contributed by atoms with van der Waals surface area (Å²) in [6.07, 6.45) is -4.56. The van der Waals surface area contributed by atoms with Gasteiger partial charge in [-0.2, -0.15) is 13.2 Å². The number of carbonyl (C=O) groups is 5. The Hall–Kier alpha value is -3.90. The number of benzene rings is 1. The number of carbonyl (C=O) groups excluding carboxylic acids is 5. The lowest BCUT2D eigenvalue weighted by Gasteiger charge is -2.26. The maximum Gasteiger partial charge on any atom is 0.404 e. The molecule has 43 heavy (non-hydrogen) atoms. The van der Waals surface area contributed by atoms with Crippen molar-refractivity contribution in [2.45, 2.75) is 65.6 Å². The SMILES string of the molecule is COc1cccc2[nH]c(C(=O)C[C@@H](CC(C)C)C(=O)N[C@@H](C[C@@H]3CCNC3=O)C(=O)COC(=O)C(C)(C)C(F)(F)F)cc12. The van der Waals surface area contributed by atoms with E-state index in [2.05, 4.69) is 15.6 Å². The van der Waals surface area contributed by atoms with Crippen molar-refractivity contribution in [3.63, 3.8) is 0 Å². The predicted molar refractivity (Wildman–Crippen MR) is 150 cm³/mol. The van der Waals surface area contributed by atoms with Crippen molar-refractivity contribution < 1.29 is 46.6 Å². The van der Waals surface area contributed by atoms with E-state index in [0.29, 0.717) is 49.9 Å². The van der Waals surface area contributed by atoms with Gasteiger partial charge in [0.15, 0.2) is 23.6 Å². The summed E-state index contributed by atoms with van der Waals surface area (Å²) in [5, 5.41) is 5.93. The summed E-state index contributed by atoms with van der Waals surface area (Å²) in [7, 11) is 1.51. The number of aromatic nitrogens is 1. The molecule has 0 aliphatic carbocycles. The molecular formula is C30H38F3N3O7. The molecule has 1 aliphatic heterocycles. The second-order valence-corrected chi connectivity index (χ2v) is 11.8. The van der Waals surface area contributed by atoms with Gasteiger partial charge in [-0.3, -0.25) is 24.0 Å². The second-order valence-electron chi connectivity index (χ2n) is 11.8. The van der Waals surface area contributed by atoms with Gasteiger partial charge >= 0.3 is 12.1 Å². The van der Waals surface area contributed by atoms with E-state index in [1.807, 2.05) is 13.8 Å². The van der Waals surface area contributed by atoms with Gasteiger partial charge in [-0.1, -0.05) is 19.9 Å². The number of amides is 2. The molecule has 1 aromatic heterocycles. The van der Waals surface area contributed by atoms with Crippen molar-refractivity contribution >= 4 is 40.3 Å². The number of Topliss-reactive ketones (excluding diaryl/α,β-unsaturated/α-hetero) is 2. The van der Waals surface area contributed by atoms with Crippen molar-refractivity contribution in [2.24, 2.45) is 23.2 Å². The van der Waals surface area contributed by atoms with Crippen LogP contribution in [0.4, 0.5) is 13.2 Å². The molecule has 1 aromatic carbocycles. The first-order valence-electron chi connectivity index (χ1n) is 14.1. The smallest absolute Gasteiger partial charge is 0.404 e. The van der Waals surface area contributed by atoms with E-state index in [-0.39, 0.29) is 36.1 Å². The number of methoxy groups -OCH3 is 1. The molecule has 0 saturated carbocycles. The molecular weight excluding hydrogens is 571 g/mol. The van der Waals surface area contributed by atoms with Crippen LogP contribution in [0.25, 0.3) is 10.9 Å². The van der Waals surface area contributed by atoms with Crippen LogP contribution < -0.4 is 15.4 Å². The number of hydrogen-bond acceptors (Lipinski definition) is 7. The van der Waals surface area contributed by atoms with E-state index in [1.165, 1.54) is 7.11 Å². The monoisotopic (exact) mass is 609 g/mol. The van der Waals surface area contributed by atoms with Crippen LogP contribution in [0.3, 0.4) is 0 Å². The Labute approximate surface area is 247 Å². The van der Waals surface area contributed by atoms with Crippen molar-refractivity contribution in [3.8, 4) is 5.75 Å². The van der Waals surface area contributed by atoms with Crippen molar-refractivity contribution in [1.82, 2.24) is 15.6 Å². The summed E-state index contributed by atoms with van der Waals surface area (Å²) in [5.41, 5.74) is -1.90. The number of alkyl halides is 3. The number of rotatable bonds is 14. The van der Waals surface area contributed by atoms with Crippen molar-refractivity contribution in [2.75, 3.05) is 20.3 Å². The Morgan fingerprint density at radius 2 is 1.84 bits per heavy atom. The fraction of sp³-hybridized carbons (Fsp3) is 0.567. The highest BCUT2D eigenvalue weighted by Crippen LogP contribution is 2.38. The number of H-pyrrole nitrogens is 1. The Morgan fingerprint density at radius 1 is 1.14 bits per heavy atom. The second kappa shape index (κ2) is 13.6. The molecule has 0 unspecified atom stereocenters. The summed E-state index contributed by atoms with van der Waals surface area (Å²) in [5.74, 6) is -4.75. The molecule has 13 heteroatoms. The summed E-state index contributed by atoms with van der Waals surface area (Å²) >= 11 is 0. The molecule has 1 aliphatic rings. The number of halogens is 3. The first-order chi connectivity index (χ1) is 20.0. The molecule has 2 heterocycles. The van der Waals surface area contributed by atoms with Gasteiger partial charge in [0.2, 0.25) is 11.8 Å². The lowest BCUT2D eigenvalue weighted by Crippen LogP contribution is -2.48. The maximum absolute atomic E-state index is 13.5. The van der Waals surface area contributed by atoms with Gasteiger partial charge in [-0.15, -0.1) is 0 Å². The first-order valence-corrected chi connectivity index (χ1v) is 14.1. The van der Waals surface area contributed by atoms with Crippen LogP contribution >= 0.6 is 0 Å². The predicted octanol–water partition coefficient (Wildman–Crippen LogP) is 4.12. The maximum atomic E-state index is 13.5. The van der Waals surface area contributed by atoms with Crippen LogP contribution in [0.5, 0.6) is 5.75 Å². The topological polar surface area (TPSA) is 144 Å². The number of ether oxygens (including phenoxy) is 2. The zero-order valence-corrected chi connectivity index (χ0v) is 24.9. The van der Waals surface area contributed by atoms with Gasteiger partial charge in [0.1, 0.15) is 5.75 Å². The minimum Gasteiger partial charge on any atom is -0.496 e. The fourth-order valence-electron chi connectivity index (χ4n) is 4.89. The van der Waals surface area contributed by atoms with E-state index < -0.39 is 53.7 Å². The average molecular weight is 610 g/mol. The Morgan fingerprint density at radius 3 is 2.42 bits per heavy atom. The number of fused-ring (bicyclic) bond motifs is 1. The largest absolute Gasteiger partial charge is 0.496 e. The number of esters is 1. The summed E-state index contributed by atoms with van der Waals surface area (Å²) < 4.78 is 49.8. The van der Waals surface area contributed by atoms with Crippen molar-refractivity contribution in [1.29, 1.82) is 0 Å². The minimum absolute atomic E-state index is 0.00771. The summed E-state index contributed by atoms with van der Waals surface area (Å²) in [4.78, 5) is 67.3. The highest BCUT2D eigenvalue weighted by atomic mass is 19.4. The van der Waals surface area contributed by atoms with Gasteiger partial charge in [0, 0.05) is 35.7 Å². The lowest BCUT2D eigenvalue weighted by atomic mass is 9.89. The summed E-state index contributed by atoms with van der Waals surface area (Å²) in [6, 6.07) is 5.62. The van der Waals surface area contributed by atoms with Crippen LogP contribution in [0.15, 0.2) is 24.3 Å². The van der Waals surface area contributed by atoms with Crippen molar-refractivity contribution in [3.05, 3.63) is 30.0 Å². The molecule has 3 rings (SSSR count). The summed E-state index contributed by atoms with van der Waals surface area (Å²) in [6.45, 7) is 4.35. The molecule has 3 N–H and O–H groups in total. The highest BCUT2D eigenvalue weighted by Gasteiger charge is 2.54. The third-order valence-corrected chi connectivity index (χ3v) is 7.66. The Balaban J connectivity index is 1.78. The molecule has 1 saturated heterocycles. The quantitative estimate of drug-likeness (QED) is 0.216. The lowest BCUT2D eigenvalue weighted by molar-refractivity contribution is -0.224. The Bertz CT molecular complexity index is 1370. The fourth-order valence-corrected chi connectivity index (χ4v) is 4.89. The van der Waals surface area contributed by atoms with Gasteiger partial charge in [-0.05, 0) is 57.2 Å². The van der Waals surface area contributed by atoms with Gasteiger partial charge < -0.3 is 25.1 Å². The van der Waals surface area contributed by atoms with Crippen LogP contribution in [-0.2, 0) is 23.9 Å². The third kappa shape index (κ3) is 8.14. The van der Waals surface area contributed by atoms with Gasteiger partial charge in [0.25, 0.3) is 0 Å². The number of aromatic amines is 1. The standard InChI is InChI=1S/C30H38F3N3O7/c1-16(2)11-18(13-23(37)22-14-19-20(35-22)7-6-8-25(19)42-5)27(40)36-21(12-17-9-10-34-26(17)39)24(38)15-43-28(41)29(3,4)30(31,32)33/h6-8,14,16-18,21,35H,9-13,15H2,1-5H3,(H,34,39)(H,36,40)/t17-,18+,21-/m0/s1. The van der Waals surface area contributed by atoms with Gasteiger partial charge in [0.05, 0.1) is 18.8 Å². The molecule has 0 bridgehead atoms. The number of hydrogen-bond donors (Lipinski definition) is 3. The van der Waals surface area contributed by atoms with E-state index in [4.69, 9.17) is 9.47 Å². The molecule has 0 radical (unpaired) electrons. The molecule has 1 fully saturated rings. The first kappa shape index (κ1) is 33.6. The normalized spacial score (nSPS) is 17.0. The minimum atomic E-state index is -4.91. The average Bonchev–Trinajstić information content (AvgIpc) is 3.55. The zero-order valence-electron chi connectivity index (χ0n) is 24.9. The highest BCUT2D eigenvalue weighted by molar-refractivity contribution is 6.02. The van der Waals surface area contributed by atoms with Gasteiger partial charge in [-0.25, -0.2) is 0 Å². The third-order valence-electron chi connectivity index (χ3n) is 7.66. The van der Waals surface area contributed by atoms with E-state index in [9.17, 15) is 37.1 Å². The van der Waals surface area contributed by atoms with E-state index in [0.717, 1.165) is 0 Å². The van der Waals surface area contributed by atoms with E-state index in [1.54, 1.807) is 24.3 Å². The van der Waals surface area contributed by atoms with E-state index >= 15 is 0 Å². The molecule has 2 amide bonds. The number of nitrogens with one attached hydrogen (secondary N) is 3. The molecule has 2 aromatic rings. The molecule has 0 spiro atoms. The molecule has 236 valence electrons.